The summed E-state index contributed by atoms with van der Waals surface area (Å²) in [6.45, 7) is 4.80. The van der Waals surface area contributed by atoms with Crippen molar-refractivity contribution in [1.29, 1.82) is 0 Å². The molecule has 1 heterocycles. The average molecular weight is 401 g/mol. The van der Waals surface area contributed by atoms with Crippen LogP contribution in [-0.2, 0) is 13.0 Å². The average Bonchev–Trinajstić information content (AvgIpc) is 2.80. The smallest absolute Gasteiger partial charge is 0.167 e. The largest absolute Gasteiger partial charge is 0.489 e. The highest BCUT2D eigenvalue weighted by Crippen LogP contribution is 2.19. The first-order valence-corrected chi connectivity index (χ1v) is 10.5. The topological polar surface area (TPSA) is 32.8 Å². The van der Waals surface area contributed by atoms with E-state index >= 15 is 0 Å². The van der Waals surface area contributed by atoms with Crippen molar-refractivity contribution < 1.29 is 9.53 Å². The van der Waals surface area contributed by atoms with E-state index < -0.39 is 0 Å². The fraction of sp³-hybridized carbons (Fsp3) is 0.269. The number of hydrogen-bond donors (Lipinski definition) is 0. The van der Waals surface area contributed by atoms with Crippen LogP contribution in [0.4, 0.5) is 5.69 Å². The molecular formula is C26H28N2O2. The Morgan fingerprint density at radius 2 is 1.47 bits per heavy atom. The van der Waals surface area contributed by atoms with Crippen LogP contribution in [0.3, 0.4) is 0 Å². The number of nitrogens with zero attached hydrogens (tertiary/aromatic N) is 2. The number of likely N-dealkylation sites (N-methyl/N-ethyl adjacent to an activating group) is 1. The Bertz CT molecular complexity index is 945. The minimum Gasteiger partial charge on any atom is -0.489 e. The third kappa shape index (κ3) is 5.28. The van der Waals surface area contributed by atoms with E-state index in [-0.39, 0.29) is 5.78 Å². The summed E-state index contributed by atoms with van der Waals surface area (Å²) in [5.41, 5.74) is 4.12. The van der Waals surface area contributed by atoms with E-state index in [0.29, 0.717) is 18.6 Å². The molecule has 1 aliphatic heterocycles. The van der Waals surface area contributed by atoms with E-state index in [9.17, 15) is 4.79 Å². The van der Waals surface area contributed by atoms with Crippen molar-refractivity contribution in [3.8, 4) is 5.75 Å². The molecule has 0 bridgehead atoms. The number of anilines is 1. The van der Waals surface area contributed by atoms with Crippen LogP contribution < -0.4 is 9.64 Å². The van der Waals surface area contributed by atoms with E-state index in [1.54, 1.807) is 0 Å². The number of piperazine rings is 1. The summed E-state index contributed by atoms with van der Waals surface area (Å²) in [7, 11) is 2.16. The summed E-state index contributed by atoms with van der Waals surface area (Å²) in [6.07, 6.45) is 0.410. The van der Waals surface area contributed by atoms with Crippen molar-refractivity contribution in [2.45, 2.75) is 13.0 Å². The Balaban J connectivity index is 1.31. The number of Topliss-reactive ketones (excluding diaryl/α,β-unsaturated/α-hetero) is 1. The highest BCUT2D eigenvalue weighted by Gasteiger charge is 2.14. The van der Waals surface area contributed by atoms with Crippen molar-refractivity contribution in [2.24, 2.45) is 0 Å². The van der Waals surface area contributed by atoms with Crippen molar-refractivity contribution in [3.63, 3.8) is 0 Å². The molecular weight excluding hydrogens is 372 g/mol. The Hall–Kier alpha value is -3.11. The maximum atomic E-state index is 12.7. The standard InChI is InChI=1S/C26H28N2O2/c1-27-15-17-28(18-16-27)24-11-7-21(8-12-24)19-26(29)23-9-13-25(14-10-23)30-20-22-5-3-2-4-6-22/h2-14H,15-20H2,1H3. The summed E-state index contributed by atoms with van der Waals surface area (Å²) in [5, 5.41) is 0. The molecule has 1 aliphatic rings. The Kier molecular flexibility index (Phi) is 6.45. The van der Waals surface area contributed by atoms with E-state index in [0.717, 1.165) is 43.1 Å². The van der Waals surface area contributed by atoms with Gasteiger partial charge in [0.25, 0.3) is 0 Å². The number of ether oxygens (including phenoxy) is 1. The second kappa shape index (κ2) is 9.59. The van der Waals surface area contributed by atoms with Crippen LogP contribution in [0.2, 0.25) is 0 Å². The second-order valence-corrected chi connectivity index (χ2v) is 7.86. The van der Waals surface area contributed by atoms with Crippen LogP contribution >= 0.6 is 0 Å². The molecule has 30 heavy (non-hydrogen) atoms. The lowest BCUT2D eigenvalue weighted by Crippen LogP contribution is -2.44. The van der Waals surface area contributed by atoms with Gasteiger partial charge in [-0.3, -0.25) is 4.79 Å². The third-order valence-electron chi connectivity index (χ3n) is 5.59. The molecule has 0 radical (unpaired) electrons. The first-order chi connectivity index (χ1) is 14.7. The van der Waals surface area contributed by atoms with Crippen molar-refractivity contribution in [3.05, 3.63) is 95.6 Å². The van der Waals surface area contributed by atoms with Crippen molar-refractivity contribution in [2.75, 3.05) is 38.1 Å². The lowest BCUT2D eigenvalue weighted by atomic mass is 10.0. The predicted octanol–water partition coefficient (Wildman–Crippen LogP) is 4.44. The fourth-order valence-electron chi connectivity index (χ4n) is 3.65. The van der Waals surface area contributed by atoms with E-state index in [4.69, 9.17) is 4.74 Å². The molecule has 154 valence electrons. The maximum Gasteiger partial charge on any atom is 0.167 e. The molecule has 4 heteroatoms. The Morgan fingerprint density at radius 3 is 2.13 bits per heavy atom. The summed E-state index contributed by atoms with van der Waals surface area (Å²) in [6, 6.07) is 25.9. The van der Waals surface area contributed by atoms with Gasteiger partial charge >= 0.3 is 0 Å². The van der Waals surface area contributed by atoms with E-state index in [1.807, 2.05) is 54.6 Å². The van der Waals surface area contributed by atoms with Gasteiger partial charge in [0.2, 0.25) is 0 Å². The van der Waals surface area contributed by atoms with Crippen molar-refractivity contribution in [1.82, 2.24) is 4.90 Å². The Morgan fingerprint density at radius 1 is 0.800 bits per heavy atom. The highest BCUT2D eigenvalue weighted by atomic mass is 16.5. The molecule has 0 atom stereocenters. The highest BCUT2D eigenvalue weighted by molar-refractivity contribution is 5.97. The minimum atomic E-state index is 0.122. The molecule has 0 spiro atoms. The maximum absolute atomic E-state index is 12.7. The molecule has 0 N–H and O–H groups in total. The minimum absolute atomic E-state index is 0.122. The molecule has 0 aromatic heterocycles. The van der Waals surface area contributed by atoms with Gasteiger partial charge in [-0.15, -0.1) is 0 Å². The van der Waals surface area contributed by atoms with Gasteiger partial charge < -0.3 is 14.5 Å². The van der Waals surface area contributed by atoms with Crippen molar-refractivity contribution >= 4 is 11.5 Å². The lowest BCUT2D eigenvalue weighted by molar-refractivity contribution is 0.0993. The molecule has 3 aromatic rings. The zero-order valence-electron chi connectivity index (χ0n) is 17.5. The van der Waals surface area contributed by atoms with Crippen LogP contribution in [0.1, 0.15) is 21.5 Å². The summed E-state index contributed by atoms with van der Waals surface area (Å²) >= 11 is 0. The van der Waals surface area contributed by atoms with Crippen LogP contribution in [0.5, 0.6) is 5.75 Å². The third-order valence-corrected chi connectivity index (χ3v) is 5.59. The van der Waals surface area contributed by atoms with Gasteiger partial charge in [-0.25, -0.2) is 0 Å². The van der Waals surface area contributed by atoms with Gasteiger partial charge in [-0.05, 0) is 54.6 Å². The zero-order valence-corrected chi connectivity index (χ0v) is 17.5. The SMILES string of the molecule is CN1CCN(c2ccc(CC(=O)c3ccc(OCc4ccccc4)cc3)cc2)CC1. The normalized spacial score (nSPS) is 14.5. The molecule has 0 unspecified atom stereocenters. The number of carbonyl (C=O) groups excluding carboxylic acids is 1. The molecule has 1 fully saturated rings. The Labute approximate surface area is 178 Å². The molecule has 3 aromatic carbocycles. The zero-order chi connectivity index (χ0) is 20.8. The predicted molar refractivity (Wildman–Crippen MR) is 121 cm³/mol. The van der Waals surface area contributed by atoms with Gasteiger partial charge in [0.05, 0.1) is 0 Å². The lowest BCUT2D eigenvalue weighted by Gasteiger charge is -2.34. The van der Waals surface area contributed by atoms with Gasteiger partial charge in [0, 0.05) is 43.9 Å². The quantitative estimate of drug-likeness (QED) is 0.549. The molecule has 4 nitrogen and oxygen atoms in total. The number of hydrogen-bond acceptors (Lipinski definition) is 4. The first-order valence-electron chi connectivity index (χ1n) is 10.5. The van der Waals surface area contributed by atoms with E-state index in [1.165, 1.54) is 5.69 Å². The monoisotopic (exact) mass is 400 g/mol. The van der Waals surface area contributed by atoms with E-state index in [2.05, 4.69) is 41.1 Å². The van der Waals surface area contributed by atoms with Gasteiger partial charge in [0.1, 0.15) is 12.4 Å². The van der Waals surface area contributed by atoms with Crippen LogP contribution in [-0.4, -0.2) is 43.9 Å². The molecule has 4 rings (SSSR count). The van der Waals surface area contributed by atoms with Crippen LogP contribution in [0.15, 0.2) is 78.9 Å². The molecule has 0 amide bonds. The summed E-state index contributed by atoms with van der Waals surface area (Å²) in [4.78, 5) is 17.4. The molecule has 1 saturated heterocycles. The number of benzene rings is 3. The number of carbonyl (C=O) groups is 1. The molecule has 0 saturated carbocycles. The van der Waals surface area contributed by atoms with Crippen LogP contribution in [0, 0.1) is 0 Å². The van der Waals surface area contributed by atoms with Crippen LogP contribution in [0.25, 0.3) is 0 Å². The second-order valence-electron chi connectivity index (χ2n) is 7.86. The first kappa shape index (κ1) is 20.2. The number of ketones is 1. The van der Waals surface area contributed by atoms with Gasteiger partial charge in [-0.1, -0.05) is 42.5 Å². The fourth-order valence-corrected chi connectivity index (χ4v) is 3.65. The number of rotatable bonds is 7. The summed E-state index contributed by atoms with van der Waals surface area (Å²) < 4.78 is 5.80. The van der Waals surface area contributed by atoms with Gasteiger partial charge in [0.15, 0.2) is 5.78 Å². The van der Waals surface area contributed by atoms with Gasteiger partial charge in [-0.2, -0.15) is 0 Å². The summed E-state index contributed by atoms with van der Waals surface area (Å²) in [5.74, 6) is 0.892. The molecule has 0 aliphatic carbocycles.